The Morgan fingerprint density at radius 1 is 1.25 bits per heavy atom. The van der Waals surface area contributed by atoms with Crippen LogP contribution in [0.2, 0.25) is 0 Å². The van der Waals surface area contributed by atoms with E-state index < -0.39 is 5.97 Å². The highest BCUT2D eigenvalue weighted by Gasteiger charge is 2.17. The maximum absolute atomic E-state index is 12.0. The minimum atomic E-state index is -0.510. The summed E-state index contributed by atoms with van der Waals surface area (Å²) in [6.07, 6.45) is 0. The topological polar surface area (TPSA) is 63.6 Å². The van der Waals surface area contributed by atoms with Crippen LogP contribution in [-0.4, -0.2) is 23.1 Å². The highest BCUT2D eigenvalue weighted by Crippen LogP contribution is 2.30. The highest BCUT2D eigenvalue weighted by atomic mass is 79.9. The van der Waals surface area contributed by atoms with Gasteiger partial charge in [-0.25, -0.2) is 9.78 Å². The van der Waals surface area contributed by atoms with E-state index in [9.17, 15) is 4.79 Å². The standard InChI is InChI=1S/C16H12BrN3O2S2/c1-22-15(21)14(20-19-11-8-6-10(17)7-9-11)24-16-18-12-4-2-3-5-13(12)23-16/h2-9,19H,1H3/b20-14-. The highest BCUT2D eigenvalue weighted by molar-refractivity contribution is 9.10. The number of thiazole rings is 1. The number of esters is 1. The molecule has 0 fully saturated rings. The molecule has 3 aromatic rings. The van der Waals surface area contributed by atoms with E-state index in [-0.39, 0.29) is 5.04 Å². The summed E-state index contributed by atoms with van der Waals surface area (Å²) < 4.78 is 7.57. The molecule has 0 aliphatic carbocycles. The third-order valence-electron chi connectivity index (χ3n) is 2.95. The van der Waals surface area contributed by atoms with Gasteiger partial charge in [-0.15, -0.1) is 11.3 Å². The fourth-order valence-electron chi connectivity index (χ4n) is 1.81. The molecule has 0 saturated carbocycles. The van der Waals surface area contributed by atoms with E-state index in [4.69, 9.17) is 4.74 Å². The Hall–Kier alpha value is -1.90. The molecule has 24 heavy (non-hydrogen) atoms. The smallest absolute Gasteiger partial charge is 0.365 e. The van der Waals surface area contributed by atoms with Crippen LogP contribution in [0.1, 0.15) is 0 Å². The number of hydrazone groups is 1. The molecule has 0 saturated heterocycles. The molecule has 1 N–H and O–H groups in total. The first kappa shape index (κ1) is 16.9. The molecule has 0 amide bonds. The molecule has 122 valence electrons. The minimum Gasteiger partial charge on any atom is -0.464 e. The zero-order valence-electron chi connectivity index (χ0n) is 12.5. The summed E-state index contributed by atoms with van der Waals surface area (Å²) in [6, 6.07) is 15.3. The Morgan fingerprint density at radius 2 is 2.00 bits per heavy atom. The number of methoxy groups -OCH3 is 1. The van der Waals surface area contributed by atoms with Crippen LogP contribution in [0.3, 0.4) is 0 Å². The largest absolute Gasteiger partial charge is 0.464 e. The van der Waals surface area contributed by atoms with Gasteiger partial charge < -0.3 is 4.74 Å². The molecule has 1 aromatic heterocycles. The number of hydrogen-bond donors (Lipinski definition) is 1. The molecular formula is C16H12BrN3O2S2. The summed E-state index contributed by atoms with van der Waals surface area (Å²) in [4.78, 5) is 16.5. The third-order valence-corrected chi connectivity index (χ3v) is 5.53. The molecule has 5 nitrogen and oxygen atoms in total. The lowest BCUT2D eigenvalue weighted by Gasteiger charge is -2.04. The van der Waals surface area contributed by atoms with Crippen molar-refractivity contribution in [1.82, 2.24) is 4.98 Å². The predicted octanol–water partition coefficient (Wildman–Crippen LogP) is 4.75. The maximum atomic E-state index is 12.0. The first-order chi connectivity index (χ1) is 11.7. The van der Waals surface area contributed by atoms with Gasteiger partial charge in [0.1, 0.15) is 0 Å². The second-order valence-electron chi connectivity index (χ2n) is 4.58. The normalized spacial score (nSPS) is 11.5. The number of benzene rings is 2. The van der Waals surface area contributed by atoms with Gasteiger partial charge in [0.2, 0.25) is 5.04 Å². The van der Waals surface area contributed by atoms with Crippen LogP contribution < -0.4 is 5.43 Å². The number of carbonyl (C=O) groups excluding carboxylic acids is 1. The van der Waals surface area contributed by atoms with Gasteiger partial charge in [-0.2, -0.15) is 5.10 Å². The predicted molar refractivity (Wildman–Crippen MR) is 103 cm³/mol. The van der Waals surface area contributed by atoms with Gasteiger partial charge in [0.05, 0.1) is 23.0 Å². The van der Waals surface area contributed by atoms with Crippen molar-refractivity contribution in [2.24, 2.45) is 5.10 Å². The van der Waals surface area contributed by atoms with Crippen molar-refractivity contribution in [3.8, 4) is 0 Å². The molecule has 2 aromatic carbocycles. The van der Waals surface area contributed by atoms with Crippen LogP contribution >= 0.6 is 39.0 Å². The molecule has 1 heterocycles. The fourth-order valence-corrected chi connectivity index (χ4v) is 4.02. The average Bonchev–Trinajstić information content (AvgIpc) is 3.01. The lowest BCUT2D eigenvalue weighted by atomic mass is 10.3. The van der Waals surface area contributed by atoms with Gasteiger partial charge in [-0.3, -0.25) is 5.43 Å². The number of anilines is 1. The molecule has 8 heteroatoms. The number of halogens is 1. The van der Waals surface area contributed by atoms with E-state index in [0.29, 0.717) is 0 Å². The van der Waals surface area contributed by atoms with E-state index in [2.05, 4.69) is 31.4 Å². The minimum absolute atomic E-state index is 0.194. The monoisotopic (exact) mass is 421 g/mol. The lowest BCUT2D eigenvalue weighted by molar-refractivity contribution is -0.132. The number of nitrogens with one attached hydrogen (secondary N) is 1. The quantitative estimate of drug-likeness (QED) is 0.217. The summed E-state index contributed by atoms with van der Waals surface area (Å²) >= 11 is 6.06. The number of nitrogens with zero attached hydrogens (tertiary/aromatic N) is 2. The number of fused-ring (bicyclic) bond motifs is 1. The van der Waals surface area contributed by atoms with Crippen LogP contribution in [0.15, 0.2) is 62.4 Å². The Balaban J connectivity index is 1.81. The van der Waals surface area contributed by atoms with Gasteiger partial charge in [0, 0.05) is 4.47 Å². The molecule has 0 aliphatic heterocycles. The zero-order chi connectivity index (χ0) is 16.9. The number of thioether (sulfide) groups is 1. The lowest BCUT2D eigenvalue weighted by Crippen LogP contribution is -2.14. The molecule has 3 rings (SSSR count). The molecule has 0 aliphatic rings. The molecule has 0 radical (unpaired) electrons. The Morgan fingerprint density at radius 3 is 2.71 bits per heavy atom. The van der Waals surface area contributed by atoms with E-state index in [1.54, 1.807) is 0 Å². The fraction of sp³-hybridized carbons (Fsp3) is 0.0625. The maximum Gasteiger partial charge on any atom is 0.365 e. The van der Waals surface area contributed by atoms with E-state index in [0.717, 1.165) is 24.7 Å². The second-order valence-corrected chi connectivity index (χ2v) is 7.76. The molecule has 0 bridgehead atoms. The Labute approximate surface area is 155 Å². The molecule has 0 unspecified atom stereocenters. The number of para-hydroxylation sites is 1. The van der Waals surface area contributed by atoms with Gasteiger partial charge in [-0.05, 0) is 48.2 Å². The summed E-state index contributed by atoms with van der Waals surface area (Å²) in [6.45, 7) is 0. The summed E-state index contributed by atoms with van der Waals surface area (Å²) in [5.41, 5.74) is 4.53. The van der Waals surface area contributed by atoms with Crippen molar-refractivity contribution in [1.29, 1.82) is 0 Å². The van der Waals surface area contributed by atoms with Gasteiger partial charge in [0.25, 0.3) is 0 Å². The van der Waals surface area contributed by atoms with Crippen molar-refractivity contribution in [2.45, 2.75) is 4.34 Å². The average molecular weight is 422 g/mol. The first-order valence-corrected chi connectivity index (χ1v) is 9.29. The number of carbonyl (C=O) groups is 1. The Bertz CT molecular complexity index is 861. The van der Waals surface area contributed by atoms with Crippen LogP contribution in [0, 0.1) is 0 Å². The van der Waals surface area contributed by atoms with E-state index in [1.165, 1.54) is 30.2 Å². The summed E-state index contributed by atoms with van der Waals surface area (Å²) in [7, 11) is 1.33. The second kappa shape index (κ2) is 7.78. The van der Waals surface area contributed by atoms with Crippen molar-refractivity contribution in [2.75, 3.05) is 12.5 Å². The van der Waals surface area contributed by atoms with Crippen LogP contribution in [0.5, 0.6) is 0 Å². The summed E-state index contributed by atoms with van der Waals surface area (Å²) in [5, 5.41) is 4.36. The Kier molecular flexibility index (Phi) is 5.49. The van der Waals surface area contributed by atoms with Gasteiger partial charge >= 0.3 is 5.97 Å². The molecule has 0 atom stereocenters. The molecule has 0 spiro atoms. The van der Waals surface area contributed by atoms with Gasteiger partial charge in [-0.1, -0.05) is 28.1 Å². The number of rotatable bonds is 3. The van der Waals surface area contributed by atoms with Crippen LogP contribution in [0.25, 0.3) is 10.2 Å². The van der Waals surface area contributed by atoms with E-state index >= 15 is 0 Å². The SMILES string of the molecule is COC(=O)/C(=N/Nc1ccc(Br)cc1)Sc1nc2ccccc2s1. The molecular weight excluding hydrogens is 410 g/mol. The van der Waals surface area contributed by atoms with Crippen molar-refractivity contribution >= 4 is 65.9 Å². The summed E-state index contributed by atoms with van der Waals surface area (Å²) in [5.74, 6) is -0.510. The third kappa shape index (κ3) is 4.14. The number of hydrogen-bond acceptors (Lipinski definition) is 7. The van der Waals surface area contributed by atoms with Crippen molar-refractivity contribution in [3.05, 3.63) is 53.0 Å². The van der Waals surface area contributed by atoms with E-state index in [1.807, 2.05) is 48.5 Å². The van der Waals surface area contributed by atoms with Crippen LogP contribution in [0.4, 0.5) is 5.69 Å². The number of aromatic nitrogens is 1. The van der Waals surface area contributed by atoms with Crippen molar-refractivity contribution < 1.29 is 9.53 Å². The van der Waals surface area contributed by atoms with Crippen LogP contribution in [-0.2, 0) is 9.53 Å². The zero-order valence-corrected chi connectivity index (χ0v) is 15.7. The number of ether oxygens (including phenoxy) is 1. The first-order valence-electron chi connectivity index (χ1n) is 6.87. The van der Waals surface area contributed by atoms with Gasteiger partial charge in [0.15, 0.2) is 4.34 Å². The van der Waals surface area contributed by atoms with Crippen molar-refractivity contribution in [3.63, 3.8) is 0 Å².